The molecule has 6 aliphatic rings. The fraction of sp³-hybridized carbons (Fsp3) is 0.739. The summed E-state index contributed by atoms with van der Waals surface area (Å²) >= 11 is 0. The van der Waals surface area contributed by atoms with Gasteiger partial charge in [0.05, 0.1) is 43.0 Å². The molecule has 2 aliphatic heterocycles. The van der Waals surface area contributed by atoms with Crippen LogP contribution in [0, 0.1) is 33.5 Å². The molecule has 2 saturated heterocycles. The number of ether oxygens (including phenoxy) is 5. The highest BCUT2D eigenvalue weighted by atomic mass is 16.7. The molecule has 19 nitrogen and oxygen atoms in total. The number of carboxylic acid groups (broad SMARTS) is 2. The molecule has 19 heteroatoms. The lowest BCUT2D eigenvalue weighted by molar-refractivity contribution is -0.351. The van der Waals surface area contributed by atoms with Crippen LogP contribution in [0.2, 0.25) is 0 Å². The number of hydrogen-bond donors (Lipinski definition) is 10. The highest BCUT2D eigenvalue weighted by molar-refractivity contribution is 5.99. The van der Waals surface area contributed by atoms with Crippen LogP contribution in [0.3, 0.4) is 0 Å². The average Bonchev–Trinajstić information content (AvgIpc) is 3.37. The third-order valence-electron chi connectivity index (χ3n) is 15.7. The van der Waals surface area contributed by atoms with Crippen molar-refractivity contribution in [2.45, 2.75) is 171 Å². The molecule has 362 valence electrons. The molecule has 1 spiro atoms. The number of carboxylic acids is 2. The molecule has 6 fully saturated rings. The number of carbonyl (C=O) groups is 4. The maximum absolute atomic E-state index is 14.0. The number of esters is 1. The van der Waals surface area contributed by atoms with E-state index in [1.165, 1.54) is 6.92 Å². The Bertz CT molecular complexity index is 1960. The van der Waals surface area contributed by atoms with E-state index in [0.717, 1.165) is 0 Å². The molecule has 1 amide bonds. The van der Waals surface area contributed by atoms with Crippen LogP contribution in [0.5, 0.6) is 0 Å². The number of amides is 1. The van der Waals surface area contributed by atoms with Gasteiger partial charge in [-0.1, -0.05) is 64.6 Å². The fourth-order valence-corrected chi connectivity index (χ4v) is 12.4. The lowest BCUT2D eigenvalue weighted by Crippen LogP contribution is -2.70. The van der Waals surface area contributed by atoms with Crippen LogP contribution in [0.4, 0.5) is 0 Å². The minimum atomic E-state index is -2.43. The topological polar surface area (TPSA) is 309 Å². The van der Waals surface area contributed by atoms with Gasteiger partial charge in [0.2, 0.25) is 5.91 Å². The molecule has 65 heavy (non-hydrogen) atoms. The Hall–Kier alpha value is -3.60. The van der Waals surface area contributed by atoms with E-state index in [4.69, 9.17) is 23.7 Å². The van der Waals surface area contributed by atoms with E-state index in [1.54, 1.807) is 58.0 Å². The smallest absolute Gasteiger partial charge is 0.321 e. The standard InChI is InChI=1S/C46H65NO18/c1-21-36(54)44-14-12-28-43(6,27(44)13-15-45(21,60)20-44)17-24(18-46(28,40(56)57)41(58)59)62-37-30(47-39(55)42(3,4)5)35(64-29(50)16-25(49)23-10-8-7-9-11-23)34(26(19-48)63-37)65-38-33(53)32(52)31(51)22(2)61-38/h7-11,22,24-28,30-38,48-49,51-54,60H,1,12-20H2,2-6H3,(H,47,55)(H,56,57)(H,58,59)/t22-,24-,25?,26+,27-,28-,30+,31-,32+,33+,34+,35+,36-,37+,38-,43-,44?,45-/m0/s1. The van der Waals surface area contributed by atoms with E-state index < -0.39 is 162 Å². The molecule has 0 radical (unpaired) electrons. The summed E-state index contributed by atoms with van der Waals surface area (Å²) in [5.41, 5.74) is -6.33. The number of aliphatic hydroxyl groups is 7. The number of nitrogens with one attached hydrogen (secondary N) is 1. The Morgan fingerprint density at radius 3 is 2.15 bits per heavy atom. The van der Waals surface area contributed by atoms with Crippen molar-refractivity contribution in [2.24, 2.45) is 33.5 Å². The van der Waals surface area contributed by atoms with E-state index in [0.29, 0.717) is 12.0 Å². The minimum absolute atomic E-state index is 0.0292. The molecule has 2 bridgehead atoms. The number of fused-ring (bicyclic) bond motifs is 3. The summed E-state index contributed by atoms with van der Waals surface area (Å²) in [6, 6.07) is 6.63. The van der Waals surface area contributed by atoms with Crippen LogP contribution >= 0.6 is 0 Å². The van der Waals surface area contributed by atoms with Gasteiger partial charge in [0.1, 0.15) is 36.6 Å². The van der Waals surface area contributed by atoms with Gasteiger partial charge in [0.15, 0.2) is 24.1 Å². The van der Waals surface area contributed by atoms with E-state index >= 15 is 0 Å². The Labute approximate surface area is 376 Å². The van der Waals surface area contributed by atoms with Crippen molar-refractivity contribution in [3.63, 3.8) is 0 Å². The summed E-state index contributed by atoms with van der Waals surface area (Å²) in [7, 11) is 0. The van der Waals surface area contributed by atoms with Gasteiger partial charge < -0.3 is 75.0 Å². The summed E-state index contributed by atoms with van der Waals surface area (Å²) in [5, 5.41) is 102. The van der Waals surface area contributed by atoms with E-state index in [1.807, 2.05) is 0 Å². The maximum Gasteiger partial charge on any atom is 0.321 e. The Morgan fingerprint density at radius 2 is 1.54 bits per heavy atom. The predicted octanol–water partition coefficient (Wildman–Crippen LogP) is 0.682. The van der Waals surface area contributed by atoms with Gasteiger partial charge in [0, 0.05) is 17.3 Å². The molecule has 4 saturated carbocycles. The van der Waals surface area contributed by atoms with Crippen LogP contribution in [0.1, 0.15) is 97.7 Å². The van der Waals surface area contributed by atoms with Gasteiger partial charge in [-0.2, -0.15) is 0 Å². The lowest BCUT2D eigenvalue weighted by Gasteiger charge is -2.64. The first-order valence-electron chi connectivity index (χ1n) is 22.4. The SMILES string of the molecule is C=C1[C@H](O)C23CC[C@@H]4C(C(=O)O)(C(=O)O)C[C@@H](O[C@@H]5O[C@H](CO)[C@@H](O[C@@H]6O[C@@H](C)[C@H](O)[C@@H](O)[C@H]6O)[C@H](OC(=O)CC(O)c6ccccc6)[C@H]5NC(=O)C(C)(C)C)C[C@@]4(C)[C@@H]2CC[C@]1(O)C3. The highest BCUT2D eigenvalue weighted by Gasteiger charge is 2.74. The highest BCUT2D eigenvalue weighted by Crippen LogP contribution is 2.73. The molecule has 1 aromatic rings. The quantitative estimate of drug-likeness (QED) is 0.0597. The first-order chi connectivity index (χ1) is 30.3. The molecule has 10 N–H and O–H groups in total. The summed E-state index contributed by atoms with van der Waals surface area (Å²) in [4.78, 5) is 55.0. The second kappa shape index (κ2) is 17.8. The Kier molecular flexibility index (Phi) is 13.5. The van der Waals surface area contributed by atoms with E-state index in [9.17, 15) is 65.1 Å². The number of hydrogen-bond acceptors (Lipinski definition) is 16. The van der Waals surface area contributed by atoms with Gasteiger partial charge in [0.25, 0.3) is 0 Å². The van der Waals surface area contributed by atoms with Crippen molar-refractivity contribution in [1.82, 2.24) is 5.32 Å². The van der Waals surface area contributed by atoms with E-state index in [-0.39, 0.29) is 37.7 Å². The molecular formula is C46H65NO18. The van der Waals surface area contributed by atoms with E-state index in [2.05, 4.69) is 11.9 Å². The third-order valence-corrected chi connectivity index (χ3v) is 15.7. The molecular weight excluding hydrogens is 854 g/mol. The van der Waals surface area contributed by atoms with Gasteiger partial charge in [-0.05, 0) is 73.8 Å². The van der Waals surface area contributed by atoms with Crippen molar-refractivity contribution in [3.8, 4) is 0 Å². The lowest BCUT2D eigenvalue weighted by atomic mass is 9.40. The summed E-state index contributed by atoms with van der Waals surface area (Å²) in [5.74, 6) is -6.31. The summed E-state index contributed by atoms with van der Waals surface area (Å²) in [6.45, 7) is 11.1. The zero-order valence-corrected chi connectivity index (χ0v) is 37.3. The number of benzene rings is 1. The van der Waals surface area contributed by atoms with Crippen molar-refractivity contribution in [1.29, 1.82) is 0 Å². The predicted molar refractivity (Wildman–Crippen MR) is 223 cm³/mol. The van der Waals surface area contributed by atoms with Crippen molar-refractivity contribution in [3.05, 3.63) is 48.0 Å². The zero-order valence-electron chi connectivity index (χ0n) is 37.3. The summed E-state index contributed by atoms with van der Waals surface area (Å²) < 4.78 is 31.0. The monoisotopic (exact) mass is 919 g/mol. The third kappa shape index (κ3) is 8.42. The van der Waals surface area contributed by atoms with Crippen LogP contribution in [0.15, 0.2) is 42.5 Å². The molecule has 2 heterocycles. The van der Waals surface area contributed by atoms with Gasteiger partial charge in [-0.25, -0.2) is 0 Å². The molecule has 0 aromatic heterocycles. The van der Waals surface area contributed by atoms with Crippen molar-refractivity contribution >= 4 is 23.8 Å². The second-order valence-electron chi connectivity index (χ2n) is 20.6. The van der Waals surface area contributed by atoms with Gasteiger partial charge in [-0.15, -0.1) is 0 Å². The molecule has 7 rings (SSSR count). The normalized spacial score (nSPS) is 42.8. The Balaban J connectivity index is 1.29. The Morgan fingerprint density at radius 1 is 0.892 bits per heavy atom. The van der Waals surface area contributed by atoms with Crippen molar-refractivity contribution in [2.75, 3.05) is 6.61 Å². The first-order valence-corrected chi connectivity index (χ1v) is 22.4. The summed E-state index contributed by atoms with van der Waals surface area (Å²) in [6.07, 6.45) is -18.5. The number of aliphatic carboxylic acids is 2. The largest absolute Gasteiger partial charge is 0.480 e. The van der Waals surface area contributed by atoms with Crippen molar-refractivity contribution < 1.29 is 88.8 Å². The number of aliphatic hydroxyl groups excluding tert-OH is 6. The molecule has 4 aliphatic carbocycles. The fourth-order valence-electron chi connectivity index (χ4n) is 12.4. The first kappa shape index (κ1) is 49.3. The second-order valence-corrected chi connectivity index (χ2v) is 20.6. The van der Waals surface area contributed by atoms with Gasteiger partial charge >= 0.3 is 17.9 Å². The van der Waals surface area contributed by atoms with Crippen LogP contribution in [-0.4, -0.2) is 156 Å². The van der Waals surface area contributed by atoms with Gasteiger partial charge in [-0.3, -0.25) is 19.2 Å². The number of carbonyl (C=O) groups excluding carboxylic acids is 2. The zero-order chi connectivity index (χ0) is 47.8. The molecule has 2 unspecified atom stereocenters. The minimum Gasteiger partial charge on any atom is -0.480 e. The van der Waals surface area contributed by atoms with Crippen LogP contribution < -0.4 is 5.32 Å². The van der Waals surface area contributed by atoms with Crippen LogP contribution in [0.25, 0.3) is 0 Å². The number of rotatable bonds is 12. The molecule has 18 atom stereocenters. The van der Waals surface area contributed by atoms with Crippen LogP contribution in [-0.2, 0) is 42.9 Å². The average molecular weight is 920 g/mol. The maximum atomic E-state index is 14.0. The molecule has 1 aromatic carbocycles.